The molecule has 3 heteroatoms. The standard InChI is InChI=1S/C17H28N2O/c1-5-11-20-16-9-7-15(8-10-16)19-13-17(4,6-2)18-12-14(19)3/h7-10,14,18H,5-6,11-13H2,1-4H3. The third-order valence-electron chi connectivity index (χ3n) is 4.30. The molecule has 2 atom stereocenters. The fourth-order valence-electron chi connectivity index (χ4n) is 2.63. The molecule has 1 aliphatic heterocycles. The lowest BCUT2D eigenvalue weighted by Crippen LogP contribution is -2.62. The molecule has 0 spiro atoms. The number of benzene rings is 1. The first kappa shape index (κ1) is 15.2. The summed E-state index contributed by atoms with van der Waals surface area (Å²) in [6.07, 6.45) is 2.19. The molecule has 112 valence electrons. The van der Waals surface area contributed by atoms with E-state index in [1.165, 1.54) is 5.69 Å². The zero-order chi connectivity index (χ0) is 14.6. The maximum Gasteiger partial charge on any atom is 0.119 e. The van der Waals surface area contributed by atoms with Crippen molar-refractivity contribution < 1.29 is 4.74 Å². The molecule has 1 saturated heterocycles. The van der Waals surface area contributed by atoms with Gasteiger partial charge in [-0.15, -0.1) is 0 Å². The first-order valence-corrected chi connectivity index (χ1v) is 7.82. The van der Waals surface area contributed by atoms with E-state index in [9.17, 15) is 0 Å². The number of ether oxygens (including phenoxy) is 1. The third-order valence-corrected chi connectivity index (χ3v) is 4.30. The summed E-state index contributed by atoms with van der Waals surface area (Å²) in [6, 6.07) is 9.06. The molecule has 3 nitrogen and oxygen atoms in total. The van der Waals surface area contributed by atoms with Gasteiger partial charge in [-0.25, -0.2) is 0 Å². The molecule has 1 fully saturated rings. The number of hydrogen-bond acceptors (Lipinski definition) is 3. The van der Waals surface area contributed by atoms with Crippen molar-refractivity contribution in [2.75, 3.05) is 24.6 Å². The Hall–Kier alpha value is -1.22. The predicted molar refractivity (Wildman–Crippen MR) is 85.7 cm³/mol. The average Bonchev–Trinajstić information content (AvgIpc) is 2.48. The summed E-state index contributed by atoms with van der Waals surface area (Å²) in [6.45, 7) is 11.9. The smallest absolute Gasteiger partial charge is 0.119 e. The molecule has 0 aliphatic carbocycles. The molecule has 0 aromatic heterocycles. The molecule has 0 radical (unpaired) electrons. The van der Waals surface area contributed by atoms with Gasteiger partial charge in [0.25, 0.3) is 0 Å². The minimum atomic E-state index is 0.212. The zero-order valence-electron chi connectivity index (χ0n) is 13.3. The lowest BCUT2D eigenvalue weighted by Gasteiger charge is -2.46. The van der Waals surface area contributed by atoms with Crippen molar-refractivity contribution in [1.82, 2.24) is 5.32 Å². The second kappa shape index (κ2) is 6.49. The molecular weight excluding hydrogens is 248 g/mol. The van der Waals surface area contributed by atoms with Gasteiger partial charge in [-0.2, -0.15) is 0 Å². The minimum Gasteiger partial charge on any atom is -0.494 e. The number of nitrogens with one attached hydrogen (secondary N) is 1. The normalized spacial score (nSPS) is 26.6. The topological polar surface area (TPSA) is 24.5 Å². The zero-order valence-corrected chi connectivity index (χ0v) is 13.3. The van der Waals surface area contributed by atoms with Crippen LogP contribution in [0.2, 0.25) is 0 Å². The van der Waals surface area contributed by atoms with E-state index in [1.54, 1.807) is 0 Å². The van der Waals surface area contributed by atoms with E-state index in [0.717, 1.165) is 38.3 Å². The van der Waals surface area contributed by atoms with Gasteiger partial charge in [-0.05, 0) is 51.0 Å². The number of nitrogens with zero attached hydrogens (tertiary/aromatic N) is 1. The van der Waals surface area contributed by atoms with Gasteiger partial charge in [0.1, 0.15) is 5.75 Å². The van der Waals surface area contributed by atoms with Crippen LogP contribution in [0, 0.1) is 0 Å². The van der Waals surface area contributed by atoms with Crippen molar-refractivity contribution in [2.45, 2.75) is 52.1 Å². The van der Waals surface area contributed by atoms with Gasteiger partial charge in [-0.3, -0.25) is 0 Å². The minimum absolute atomic E-state index is 0.212. The van der Waals surface area contributed by atoms with E-state index in [2.05, 4.69) is 62.2 Å². The largest absolute Gasteiger partial charge is 0.494 e. The number of hydrogen-bond donors (Lipinski definition) is 1. The summed E-state index contributed by atoms with van der Waals surface area (Å²) in [5, 5.41) is 3.67. The molecule has 2 rings (SSSR count). The Morgan fingerprint density at radius 2 is 2.00 bits per heavy atom. The summed E-state index contributed by atoms with van der Waals surface area (Å²) in [5.41, 5.74) is 1.51. The number of piperazine rings is 1. The second-order valence-electron chi connectivity index (χ2n) is 6.11. The average molecular weight is 276 g/mol. The van der Waals surface area contributed by atoms with E-state index in [-0.39, 0.29) is 5.54 Å². The molecule has 0 bridgehead atoms. The molecular formula is C17H28N2O. The first-order chi connectivity index (χ1) is 9.58. The van der Waals surface area contributed by atoms with Crippen LogP contribution in [-0.4, -0.2) is 31.3 Å². The Balaban J connectivity index is 2.09. The number of rotatable bonds is 5. The highest BCUT2D eigenvalue weighted by molar-refractivity contribution is 5.51. The Kier molecular flexibility index (Phi) is 4.92. The molecule has 0 saturated carbocycles. The molecule has 20 heavy (non-hydrogen) atoms. The predicted octanol–water partition coefficient (Wildman–Crippen LogP) is 3.44. The SMILES string of the molecule is CCCOc1ccc(N2CC(C)(CC)NCC2C)cc1. The Morgan fingerprint density at radius 3 is 2.60 bits per heavy atom. The van der Waals surface area contributed by atoms with Crippen LogP contribution in [0.1, 0.15) is 40.5 Å². The highest BCUT2D eigenvalue weighted by Gasteiger charge is 2.32. The van der Waals surface area contributed by atoms with Crippen LogP contribution in [0.15, 0.2) is 24.3 Å². The fourth-order valence-corrected chi connectivity index (χ4v) is 2.63. The Morgan fingerprint density at radius 1 is 1.30 bits per heavy atom. The summed E-state index contributed by atoms with van der Waals surface area (Å²) < 4.78 is 5.66. The van der Waals surface area contributed by atoms with Crippen LogP contribution in [-0.2, 0) is 0 Å². The van der Waals surface area contributed by atoms with Crippen molar-refractivity contribution in [3.63, 3.8) is 0 Å². The fraction of sp³-hybridized carbons (Fsp3) is 0.647. The Bertz CT molecular complexity index is 418. The van der Waals surface area contributed by atoms with Gasteiger partial charge in [0.2, 0.25) is 0 Å². The highest BCUT2D eigenvalue weighted by Crippen LogP contribution is 2.26. The Labute approximate surface area is 123 Å². The van der Waals surface area contributed by atoms with E-state index in [0.29, 0.717) is 6.04 Å². The van der Waals surface area contributed by atoms with Gasteiger partial charge < -0.3 is 15.0 Å². The van der Waals surface area contributed by atoms with Crippen molar-refractivity contribution in [3.05, 3.63) is 24.3 Å². The quantitative estimate of drug-likeness (QED) is 0.891. The molecule has 1 aliphatic rings. The van der Waals surface area contributed by atoms with E-state index >= 15 is 0 Å². The maximum atomic E-state index is 5.66. The van der Waals surface area contributed by atoms with Crippen molar-refractivity contribution in [2.24, 2.45) is 0 Å². The summed E-state index contributed by atoms with van der Waals surface area (Å²) >= 11 is 0. The lowest BCUT2D eigenvalue weighted by molar-refractivity contribution is 0.285. The third kappa shape index (κ3) is 3.45. The van der Waals surface area contributed by atoms with Crippen LogP contribution >= 0.6 is 0 Å². The van der Waals surface area contributed by atoms with E-state index < -0.39 is 0 Å². The molecule has 1 heterocycles. The molecule has 1 aromatic rings. The van der Waals surface area contributed by atoms with E-state index in [4.69, 9.17) is 4.74 Å². The van der Waals surface area contributed by atoms with Crippen molar-refractivity contribution >= 4 is 5.69 Å². The van der Waals surface area contributed by atoms with Crippen LogP contribution in [0.25, 0.3) is 0 Å². The number of anilines is 1. The second-order valence-corrected chi connectivity index (χ2v) is 6.11. The molecule has 2 unspecified atom stereocenters. The van der Waals surface area contributed by atoms with Gasteiger partial charge in [0.15, 0.2) is 0 Å². The van der Waals surface area contributed by atoms with Crippen molar-refractivity contribution in [1.29, 1.82) is 0 Å². The lowest BCUT2D eigenvalue weighted by atomic mass is 9.93. The molecule has 1 N–H and O–H groups in total. The maximum absolute atomic E-state index is 5.66. The first-order valence-electron chi connectivity index (χ1n) is 7.82. The molecule has 0 amide bonds. The van der Waals surface area contributed by atoms with Gasteiger partial charge in [0.05, 0.1) is 6.61 Å². The van der Waals surface area contributed by atoms with Crippen molar-refractivity contribution in [3.8, 4) is 5.75 Å². The van der Waals surface area contributed by atoms with Crippen LogP contribution < -0.4 is 15.0 Å². The van der Waals surface area contributed by atoms with Crippen LogP contribution in [0.4, 0.5) is 5.69 Å². The summed E-state index contributed by atoms with van der Waals surface area (Å²) in [5.74, 6) is 0.969. The van der Waals surface area contributed by atoms with Gasteiger partial charge >= 0.3 is 0 Å². The van der Waals surface area contributed by atoms with Gasteiger partial charge in [0, 0.05) is 30.4 Å². The summed E-state index contributed by atoms with van der Waals surface area (Å²) in [4.78, 5) is 2.50. The highest BCUT2D eigenvalue weighted by atomic mass is 16.5. The molecule has 1 aromatic carbocycles. The monoisotopic (exact) mass is 276 g/mol. The van der Waals surface area contributed by atoms with Crippen LogP contribution in [0.3, 0.4) is 0 Å². The van der Waals surface area contributed by atoms with E-state index in [1.807, 2.05) is 0 Å². The van der Waals surface area contributed by atoms with Crippen LogP contribution in [0.5, 0.6) is 5.75 Å². The van der Waals surface area contributed by atoms with Gasteiger partial charge in [-0.1, -0.05) is 13.8 Å². The summed E-state index contributed by atoms with van der Waals surface area (Å²) in [7, 11) is 0.